The van der Waals surface area contributed by atoms with Crippen LogP contribution in [0.25, 0.3) is 5.69 Å². The van der Waals surface area contributed by atoms with Gasteiger partial charge in [-0.15, -0.1) is 0 Å². The van der Waals surface area contributed by atoms with Crippen LogP contribution in [-0.4, -0.2) is 32.7 Å². The largest absolute Gasteiger partial charge is 0.370 e. The fourth-order valence-corrected chi connectivity index (χ4v) is 4.16. The van der Waals surface area contributed by atoms with Crippen molar-refractivity contribution in [1.29, 1.82) is 0 Å². The van der Waals surface area contributed by atoms with Crippen LogP contribution in [0.4, 0.5) is 5.69 Å². The topological polar surface area (TPSA) is 56.0 Å². The van der Waals surface area contributed by atoms with E-state index in [2.05, 4.69) is 21.3 Å². The molecule has 0 aliphatic carbocycles. The van der Waals surface area contributed by atoms with Crippen LogP contribution in [0, 0.1) is 5.92 Å². The number of hydrogen-bond acceptors (Lipinski definition) is 4. The van der Waals surface area contributed by atoms with Crippen LogP contribution in [0.1, 0.15) is 12.0 Å². The first kappa shape index (κ1) is 19.3. The maximum atomic E-state index is 12.3. The van der Waals surface area contributed by atoms with Crippen molar-refractivity contribution in [3.05, 3.63) is 67.8 Å². The highest BCUT2D eigenvalue weighted by molar-refractivity contribution is 6.41. The lowest BCUT2D eigenvalue weighted by atomic mass is 10.0. The Balaban J connectivity index is 1.52. The average molecular weight is 439 g/mol. The zero-order chi connectivity index (χ0) is 19.8. The Morgan fingerprint density at radius 3 is 2.68 bits per heavy atom. The quantitative estimate of drug-likeness (QED) is 0.618. The number of aryl methyl sites for hydroxylation is 1. The Labute approximate surface area is 177 Å². The molecule has 1 aliphatic heterocycles. The number of halogens is 3. The number of rotatable bonds is 4. The molecule has 1 aromatic carbocycles. The van der Waals surface area contributed by atoms with Gasteiger partial charge < -0.3 is 4.90 Å². The summed E-state index contributed by atoms with van der Waals surface area (Å²) < 4.78 is 3.02. The van der Waals surface area contributed by atoms with Crippen molar-refractivity contribution < 1.29 is 0 Å². The van der Waals surface area contributed by atoms with Crippen LogP contribution in [0.3, 0.4) is 0 Å². The summed E-state index contributed by atoms with van der Waals surface area (Å²) in [7, 11) is 1.93. The third-order valence-corrected chi connectivity index (χ3v) is 6.01. The molecule has 0 bridgehead atoms. The van der Waals surface area contributed by atoms with Gasteiger partial charge >= 0.3 is 0 Å². The van der Waals surface area contributed by atoms with E-state index in [0.29, 0.717) is 16.6 Å². The molecular weight excluding hydrogens is 421 g/mol. The molecule has 146 valence electrons. The van der Waals surface area contributed by atoms with Gasteiger partial charge in [-0.25, -0.2) is 0 Å². The first-order valence-electron chi connectivity index (χ1n) is 8.88. The minimum Gasteiger partial charge on any atom is -0.370 e. The molecule has 3 heterocycles. The van der Waals surface area contributed by atoms with Gasteiger partial charge in [0.05, 0.1) is 33.8 Å². The molecule has 1 atom stereocenters. The Morgan fingerprint density at radius 1 is 1.14 bits per heavy atom. The van der Waals surface area contributed by atoms with E-state index in [9.17, 15) is 4.79 Å². The van der Waals surface area contributed by atoms with Gasteiger partial charge in [-0.3, -0.25) is 9.48 Å². The summed E-state index contributed by atoms with van der Waals surface area (Å²) in [6.45, 7) is 1.87. The minimum atomic E-state index is -0.476. The Bertz CT molecular complexity index is 1080. The lowest BCUT2D eigenvalue weighted by Gasteiger charge is -2.20. The van der Waals surface area contributed by atoms with E-state index in [1.54, 1.807) is 6.07 Å². The number of hydrogen-bond donors (Lipinski definition) is 0. The highest BCUT2D eigenvalue weighted by atomic mass is 35.5. The lowest BCUT2D eigenvalue weighted by molar-refractivity contribution is 0.586. The van der Waals surface area contributed by atoms with Crippen molar-refractivity contribution in [1.82, 2.24) is 19.6 Å². The molecule has 0 radical (unpaired) electrons. The van der Waals surface area contributed by atoms with Crippen molar-refractivity contribution in [3.63, 3.8) is 0 Å². The molecule has 1 fully saturated rings. The van der Waals surface area contributed by atoms with E-state index < -0.39 is 5.56 Å². The Morgan fingerprint density at radius 2 is 1.96 bits per heavy atom. The van der Waals surface area contributed by atoms with Crippen molar-refractivity contribution in [2.45, 2.75) is 12.8 Å². The molecule has 9 heteroatoms. The minimum absolute atomic E-state index is 0.0605. The van der Waals surface area contributed by atoms with E-state index in [4.69, 9.17) is 34.8 Å². The smallest absolute Gasteiger partial charge is 0.291 e. The van der Waals surface area contributed by atoms with Gasteiger partial charge in [-0.1, -0.05) is 34.8 Å². The van der Waals surface area contributed by atoms with Gasteiger partial charge in [0.25, 0.3) is 5.56 Å². The predicted octanol–water partition coefficient (Wildman–Crippen LogP) is 4.00. The second-order valence-corrected chi connectivity index (χ2v) is 8.18. The molecule has 6 nitrogen and oxygen atoms in total. The predicted molar refractivity (Wildman–Crippen MR) is 112 cm³/mol. The van der Waals surface area contributed by atoms with Gasteiger partial charge in [0.1, 0.15) is 5.02 Å². The normalized spacial score (nSPS) is 16.7. The van der Waals surface area contributed by atoms with Crippen LogP contribution in [0.2, 0.25) is 15.1 Å². The fourth-order valence-electron chi connectivity index (χ4n) is 3.61. The summed E-state index contributed by atoms with van der Waals surface area (Å²) in [4.78, 5) is 14.6. The fraction of sp³-hybridized carbons (Fsp3) is 0.316. The molecule has 3 aromatic rings. The standard InChI is InChI=1S/C19H18Cl3N5O/c1-25-10-13(8-23-25)6-12-4-5-26(11-12)17-3-2-14(7-15(17)20)27-19(28)18(22)16(21)9-24-27/h2-3,7-10,12H,4-6,11H2,1H3. The molecule has 1 unspecified atom stereocenters. The average Bonchev–Trinajstić information content (AvgIpc) is 3.29. The summed E-state index contributed by atoms with van der Waals surface area (Å²) >= 11 is 18.3. The first-order valence-corrected chi connectivity index (χ1v) is 10.0. The maximum Gasteiger partial charge on any atom is 0.291 e. The molecule has 4 rings (SSSR count). The van der Waals surface area contributed by atoms with Gasteiger partial charge in [-0.2, -0.15) is 14.9 Å². The first-order chi connectivity index (χ1) is 13.4. The maximum absolute atomic E-state index is 12.3. The Kier molecular flexibility index (Phi) is 5.36. The zero-order valence-electron chi connectivity index (χ0n) is 15.1. The molecule has 1 saturated heterocycles. The second kappa shape index (κ2) is 7.78. The summed E-state index contributed by atoms with van der Waals surface area (Å²) in [6, 6.07) is 5.46. The summed E-state index contributed by atoms with van der Waals surface area (Å²) in [5, 5.41) is 8.92. The second-order valence-electron chi connectivity index (χ2n) is 6.99. The molecular formula is C19H18Cl3N5O. The van der Waals surface area contributed by atoms with Gasteiger partial charge in [0.15, 0.2) is 0 Å². The zero-order valence-corrected chi connectivity index (χ0v) is 17.4. The molecule has 28 heavy (non-hydrogen) atoms. The number of benzene rings is 1. The molecule has 1 aliphatic rings. The molecule has 0 N–H and O–H groups in total. The van der Waals surface area contributed by atoms with Crippen molar-refractivity contribution in [3.8, 4) is 5.69 Å². The van der Waals surface area contributed by atoms with Gasteiger partial charge in [-0.05, 0) is 42.5 Å². The van der Waals surface area contributed by atoms with Crippen molar-refractivity contribution in [2.75, 3.05) is 18.0 Å². The highest BCUT2D eigenvalue weighted by Gasteiger charge is 2.25. The number of nitrogens with zero attached hydrogens (tertiary/aromatic N) is 5. The van der Waals surface area contributed by atoms with Gasteiger partial charge in [0.2, 0.25) is 0 Å². The highest BCUT2D eigenvalue weighted by Crippen LogP contribution is 2.33. The van der Waals surface area contributed by atoms with E-state index in [0.717, 1.165) is 31.6 Å². The van der Waals surface area contributed by atoms with Crippen LogP contribution < -0.4 is 10.5 Å². The van der Waals surface area contributed by atoms with Crippen LogP contribution in [-0.2, 0) is 13.5 Å². The van der Waals surface area contributed by atoms with Gasteiger partial charge in [0, 0.05) is 26.3 Å². The molecule has 0 spiro atoms. The third-order valence-electron chi connectivity index (χ3n) is 4.96. The van der Waals surface area contributed by atoms with Crippen molar-refractivity contribution in [2.24, 2.45) is 13.0 Å². The lowest BCUT2D eigenvalue weighted by Crippen LogP contribution is -2.23. The number of anilines is 1. The summed E-state index contributed by atoms with van der Waals surface area (Å²) in [5.74, 6) is 0.555. The number of aromatic nitrogens is 4. The van der Waals surface area contributed by atoms with E-state index >= 15 is 0 Å². The SMILES string of the molecule is Cn1cc(CC2CCN(c3ccc(-n4ncc(Cl)c(Cl)c4=O)cc3Cl)C2)cn1. The van der Waals surface area contributed by atoms with E-state index in [1.165, 1.54) is 16.4 Å². The summed E-state index contributed by atoms with van der Waals surface area (Å²) in [5.41, 5.74) is 2.27. The molecule has 0 amide bonds. The third kappa shape index (κ3) is 3.77. The van der Waals surface area contributed by atoms with Crippen molar-refractivity contribution >= 4 is 40.5 Å². The van der Waals surface area contributed by atoms with Crippen LogP contribution >= 0.6 is 34.8 Å². The monoisotopic (exact) mass is 437 g/mol. The van der Waals surface area contributed by atoms with E-state index in [1.807, 2.05) is 30.1 Å². The van der Waals surface area contributed by atoms with E-state index in [-0.39, 0.29) is 10.0 Å². The Hall–Kier alpha value is -2.02. The molecule has 2 aromatic heterocycles. The van der Waals surface area contributed by atoms with Crippen LogP contribution in [0.15, 0.2) is 41.6 Å². The summed E-state index contributed by atoms with van der Waals surface area (Å²) in [6.07, 6.45) is 7.43. The van der Waals surface area contributed by atoms with Crippen LogP contribution in [0.5, 0.6) is 0 Å². The molecule has 0 saturated carbocycles.